The first-order valence-corrected chi connectivity index (χ1v) is 8.42. The van der Waals surface area contributed by atoms with E-state index in [1.54, 1.807) is 0 Å². The predicted octanol–water partition coefficient (Wildman–Crippen LogP) is 1.94. The summed E-state index contributed by atoms with van der Waals surface area (Å²) in [6.07, 6.45) is 8.59. The predicted molar refractivity (Wildman–Crippen MR) is 80.5 cm³/mol. The maximum Gasteiger partial charge on any atom is 0.0112 e. The van der Waals surface area contributed by atoms with E-state index in [0.717, 1.165) is 6.04 Å². The van der Waals surface area contributed by atoms with Gasteiger partial charge in [0.15, 0.2) is 0 Å². The van der Waals surface area contributed by atoms with Crippen LogP contribution in [0.2, 0.25) is 0 Å². The van der Waals surface area contributed by atoms with Gasteiger partial charge in [0.2, 0.25) is 0 Å². The summed E-state index contributed by atoms with van der Waals surface area (Å²) in [4.78, 5) is 5.53. The molecule has 19 heavy (non-hydrogen) atoms. The lowest BCUT2D eigenvalue weighted by atomic mass is 9.89. The molecule has 1 saturated carbocycles. The maximum atomic E-state index is 3.53. The van der Waals surface area contributed by atoms with Gasteiger partial charge in [-0.15, -0.1) is 0 Å². The van der Waals surface area contributed by atoms with Crippen molar-refractivity contribution in [3.05, 3.63) is 0 Å². The lowest BCUT2D eigenvalue weighted by Gasteiger charge is -2.31. The number of hydrogen-bond acceptors (Lipinski definition) is 3. The Balaban J connectivity index is 1.49. The monoisotopic (exact) mass is 265 g/mol. The van der Waals surface area contributed by atoms with E-state index in [0.29, 0.717) is 5.41 Å². The minimum atomic E-state index is 0.530. The van der Waals surface area contributed by atoms with Gasteiger partial charge >= 0.3 is 0 Å². The molecule has 110 valence electrons. The van der Waals surface area contributed by atoms with Gasteiger partial charge in [0, 0.05) is 32.2 Å². The van der Waals surface area contributed by atoms with E-state index in [9.17, 15) is 0 Å². The summed E-state index contributed by atoms with van der Waals surface area (Å²) in [5.41, 5.74) is 0.530. The van der Waals surface area contributed by atoms with Gasteiger partial charge in [-0.25, -0.2) is 0 Å². The second-order valence-electron chi connectivity index (χ2n) is 7.34. The van der Waals surface area contributed by atoms with Crippen molar-refractivity contribution in [3.8, 4) is 0 Å². The van der Waals surface area contributed by atoms with Gasteiger partial charge in [-0.05, 0) is 50.7 Å². The van der Waals surface area contributed by atoms with Gasteiger partial charge in [-0.1, -0.05) is 19.8 Å². The molecule has 3 fully saturated rings. The van der Waals surface area contributed by atoms with E-state index in [1.807, 2.05) is 0 Å². The fourth-order valence-corrected chi connectivity index (χ4v) is 4.33. The van der Waals surface area contributed by atoms with Gasteiger partial charge < -0.3 is 10.2 Å². The van der Waals surface area contributed by atoms with Crippen LogP contribution in [0.3, 0.4) is 0 Å². The van der Waals surface area contributed by atoms with Crippen LogP contribution in [0.15, 0.2) is 0 Å². The summed E-state index contributed by atoms with van der Waals surface area (Å²) < 4.78 is 0. The van der Waals surface area contributed by atoms with Crippen LogP contribution in [-0.4, -0.2) is 61.7 Å². The van der Waals surface area contributed by atoms with Crippen LogP contribution in [-0.2, 0) is 0 Å². The van der Waals surface area contributed by atoms with Crippen molar-refractivity contribution in [1.29, 1.82) is 0 Å². The zero-order chi connectivity index (χ0) is 13.1. The molecule has 0 bridgehead atoms. The quantitative estimate of drug-likeness (QED) is 0.841. The maximum absolute atomic E-state index is 3.53. The molecular weight excluding hydrogens is 234 g/mol. The highest BCUT2D eigenvalue weighted by Crippen LogP contribution is 2.27. The first kappa shape index (κ1) is 13.8. The van der Waals surface area contributed by atoms with E-state index in [2.05, 4.69) is 22.0 Å². The summed E-state index contributed by atoms with van der Waals surface area (Å²) in [6, 6.07) is 0.920. The SMILES string of the molecule is CC1(CN2CCCN(C3CCCC3)CC2)CCNC1. The zero-order valence-electron chi connectivity index (χ0n) is 12.7. The van der Waals surface area contributed by atoms with Gasteiger partial charge in [-0.2, -0.15) is 0 Å². The van der Waals surface area contributed by atoms with Crippen LogP contribution in [0.25, 0.3) is 0 Å². The summed E-state index contributed by atoms with van der Waals surface area (Å²) in [7, 11) is 0. The molecule has 1 atom stereocenters. The molecule has 3 nitrogen and oxygen atoms in total. The fraction of sp³-hybridized carbons (Fsp3) is 1.00. The third-order valence-electron chi connectivity index (χ3n) is 5.53. The highest BCUT2D eigenvalue weighted by atomic mass is 15.2. The Morgan fingerprint density at radius 3 is 2.63 bits per heavy atom. The molecule has 3 rings (SSSR count). The third-order valence-corrected chi connectivity index (χ3v) is 5.53. The Kier molecular flexibility index (Phi) is 4.45. The lowest BCUT2D eigenvalue weighted by Crippen LogP contribution is -2.40. The Morgan fingerprint density at radius 1 is 1.05 bits per heavy atom. The largest absolute Gasteiger partial charge is 0.316 e. The van der Waals surface area contributed by atoms with Gasteiger partial charge in [0.05, 0.1) is 0 Å². The van der Waals surface area contributed by atoms with Crippen LogP contribution in [0, 0.1) is 5.41 Å². The molecule has 0 aromatic rings. The van der Waals surface area contributed by atoms with Crippen molar-refractivity contribution < 1.29 is 0 Å². The molecular formula is C16H31N3. The topological polar surface area (TPSA) is 18.5 Å². The highest BCUT2D eigenvalue weighted by Gasteiger charge is 2.32. The Labute approximate surface area is 118 Å². The first-order chi connectivity index (χ1) is 9.25. The van der Waals surface area contributed by atoms with Crippen molar-refractivity contribution in [2.45, 2.75) is 51.5 Å². The molecule has 0 aromatic carbocycles. The van der Waals surface area contributed by atoms with Crippen molar-refractivity contribution >= 4 is 0 Å². The third kappa shape index (κ3) is 3.50. The summed E-state index contributed by atoms with van der Waals surface area (Å²) >= 11 is 0. The molecule has 2 saturated heterocycles. The normalized spacial score (nSPS) is 35.8. The van der Waals surface area contributed by atoms with Crippen LogP contribution in [0.1, 0.15) is 45.4 Å². The molecule has 0 amide bonds. The highest BCUT2D eigenvalue weighted by molar-refractivity contribution is 4.88. The molecule has 3 aliphatic rings. The number of nitrogens with one attached hydrogen (secondary N) is 1. The van der Waals surface area contributed by atoms with E-state index in [4.69, 9.17) is 0 Å². The average Bonchev–Trinajstić information content (AvgIpc) is 3.00. The first-order valence-electron chi connectivity index (χ1n) is 8.42. The summed E-state index contributed by atoms with van der Waals surface area (Å²) in [5, 5.41) is 3.53. The lowest BCUT2D eigenvalue weighted by molar-refractivity contribution is 0.168. The minimum absolute atomic E-state index is 0.530. The van der Waals surface area contributed by atoms with Crippen molar-refractivity contribution in [2.75, 3.05) is 45.8 Å². The van der Waals surface area contributed by atoms with Gasteiger partial charge in [0.1, 0.15) is 0 Å². The molecule has 3 heteroatoms. The van der Waals surface area contributed by atoms with Crippen LogP contribution in [0.4, 0.5) is 0 Å². The number of rotatable bonds is 3. The molecule has 1 unspecified atom stereocenters. The molecule has 1 N–H and O–H groups in total. The Hall–Kier alpha value is -0.120. The molecule has 1 aliphatic carbocycles. The van der Waals surface area contributed by atoms with Crippen molar-refractivity contribution in [2.24, 2.45) is 5.41 Å². The fourth-order valence-electron chi connectivity index (χ4n) is 4.33. The summed E-state index contributed by atoms with van der Waals surface area (Å²) in [5.74, 6) is 0. The van der Waals surface area contributed by atoms with Crippen LogP contribution in [0.5, 0.6) is 0 Å². The van der Waals surface area contributed by atoms with Gasteiger partial charge in [0.25, 0.3) is 0 Å². The second-order valence-corrected chi connectivity index (χ2v) is 7.34. The zero-order valence-corrected chi connectivity index (χ0v) is 12.7. The van der Waals surface area contributed by atoms with Crippen LogP contribution >= 0.6 is 0 Å². The number of hydrogen-bond donors (Lipinski definition) is 1. The average molecular weight is 265 g/mol. The molecule has 0 spiro atoms. The Bertz CT molecular complexity index is 280. The second kappa shape index (κ2) is 6.11. The van der Waals surface area contributed by atoms with E-state index >= 15 is 0 Å². The summed E-state index contributed by atoms with van der Waals surface area (Å²) in [6.45, 7) is 11.5. The Morgan fingerprint density at radius 2 is 1.89 bits per heavy atom. The standard InChI is InChI=1S/C16H31N3/c1-16(7-8-17-13-16)14-18-9-4-10-19(12-11-18)15-5-2-3-6-15/h15,17H,2-14H2,1H3. The van der Waals surface area contributed by atoms with E-state index < -0.39 is 0 Å². The molecule has 2 heterocycles. The van der Waals surface area contributed by atoms with Crippen molar-refractivity contribution in [1.82, 2.24) is 15.1 Å². The van der Waals surface area contributed by atoms with Crippen LogP contribution < -0.4 is 5.32 Å². The van der Waals surface area contributed by atoms with Crippen molar-refractivity contribution in [3.63, 3.8) is 0 Å². The van der Waals surface area contributed by atoms with Gasteiger partial charge in [-0.3, -0.25) is 4.90 Å². The van der Waals surface area contributed by atoms with E-state index in [1.165, 1.54) is 84.3 Å². The smallest absolute Gasteiger partial charge is 0.0112 e. The minimum Gasteiger partial charge on any atom is -0.316 e. The number of nitrogens with zero attached hydrogens (tertiary/aromatic N) is 2. The molecule has 0 radical (unpaired) electrons. The molecule has 2 aliphatic heterocycles. The molecule has 0 aromatic heterocycles. The van der Waals surface area contributed by atoms with E-state index in [-0.39, 0.29) is 0 Å².